The van der Waals surface area contributed by atoms with Crippen molar-refractivity contribution in [3.8, 4) is 0 Å². The van der Waals surface area contributed by atoms with Crippen LogP contribution in [0.2, 0.25) is 5.02 Å². The monoisotopic (exact) mass is 303 g/mol. The van der Waals surface area contributed by atoms with Gasteiger partial charge in [0.2, 0.25) is 0 Å². The van der Waals surface area contributed by atoms with E-state index in [0.29, 0.717) is 0 Å². The van der Waals surface area contributed by atoms with Crippen LogP contribution in [0.3, 0.4) is 0 Å². The van der Waals surface area contributed by atoms with Gasteiger partial charge in [0.05, 0.1) is 0 Å². The van der Waals surface area contributed by atoms with Crippen molar-refractivity contribution in [1.82, 2.24) is 4.98 Å². The van der Waals surface area contributed by atoms with E-state index in [-0.39, 0.29) is 12.4 Å². The number of halogens is 2. The fraction of sp³-hybridized carbons (Fsp3) is 0.0588. The Kier molecular flexibility index (Phi) is 4.22. The minimum absolute atomic E-state index is 0. The van der Waals surface area contributed by atoms with Gasteiger partial charge in [0.1, 0.15) is 0 Å². The number of hydrogen-bond acceptors (Lipinski definition) is 0. The highest BCUT2D eigenvalue weighted by atomic mass is 35.5. The Morgan fingerprint density at radius 1 is 1.10 bits per heavy atom. The Labute approximate surface area is 129 Å². The summed E-state index contributed by atoms with van der Waals surface area (Å²) < 4.78 is 0. The predicted octanol–water partition coefficient (Wildman–Crippen LogP) is 5.61. The molecule has 0 aliphatic rings. The zero-order valence-corrected chi connectivity index (χ0v) is 12.7. The molecule has 0 aliphatic carbocycles. The molecule has 0 radical (unpaired) electrons. The van der Waals surface area contributed by atoms with E-state index in [1.54, 1.807) is 0 Å². The molecule has 2 aromatic carbocycles. The van der Waals surface area contributed by atoms with Crippen molar-refractivity contribution in [3.05, 3.63) is 77.0 Å². The molecule has 3 heteroatoms. The normalized spacial score (nSPS) is 10.3. The molecule has 0 fully saturated rings. The minimum Gasteiger partial charge on any atom is -0.359 e. The van der Waals surface area contributed by atoms with Gasteiger partial charge in [0.25, 0.3) is 0 Å². The van der Waals surface area contributed by atoms with Crippen LogP contribution in [0.15, 0.2) is 55.1 Å². The molecule has 1 N–H and O–H groups in total. The average molecular weight is 304 g/mol. The van der Waals surface area contributed by atoms with Crippen molar-refractivity contribution in [2.75, 3.05) is 0 Å². The van der Waals surface area contributed by atoms with E-state index in [9.17, 15) is 0 Å². The fourth-order valence-electron chi connectivity index (χ4n) is 2.36. The van der Waals surface area contributed by atoms with Gasteiger partial charge in [-0.25, -0.2) is 0 Å². The molecule has 1 aromatic heterocycles. The molecule has 20 heavy (non-hydrogen) atoms. The maximum Gasteiger partial charge on any atom is 0.0462 e. The van der Waals surface area contributed by atoms with Crippen molar-refractivity contribution in [2.45, 2.75) is 6.92 Å². The van der Waals surface area contributed by atoms with E-state index in [2.05, 4.69) is 42.8 Å². The number of aromatic nitrogens is 1. The minimum atomic E-state index is 0. The summed E-state index contributed by atoms with van der Waals surface area (Å²) in [7, 11) is 0. The van der Waals surface area contributed by atoms with Gasteiger partial charge in [-0.05, 0) is 47.9 Å². The summed E-state index contributed by atoms with van der Waals surface area (Å²) in [6.45, 7) is 6.29. The number of rotatable bonds is 2. The van der Waals surface area contributed by atoms with Crippen LogP contribution < -0.4 is 0 Å². The summed E-state index contributed by atoms with van der Waals surface area (Å²) in [5, 5.41) is 1.95. The maximum absolute atomic E-state index is 5.93. The molecule has 0 spiro atoms. The molecule has 3 aromatic rings. The second-order valence-corrected chi connectivity index (χ2v) is 5.14. The Morgan fingerprint density at radius 2 is 1.80 bits per heavy atom. The molecule has 1 heterocycles. The number of aromatic amines is 1. The Bertz CT molecular complexity index is 754. The molecule has 0 bridgehead atoms. The average Bonchev–Trinajstić information content (AvgIpc) is 2.78. The Morgan fingerprint density at radius 3 is 2.50 bits per heavy atom. The molecule has 102 valence electrons. The zero-order chi connectivity index (χ0) is 13.4. The molecule has 0 amide bonds. The van der Waals surface area contributed by atoms with E-state index in [1.165, 1.54) is 5.39 Å². The van der Waals surface area contributed by atoms with Crippen molar-refractivity contribution < 1.29 is 0 Å². The third kappa shape index (κ3) is 2.60. The molecular formula is C17H15Cl2N. The lowest BCUT2D eigenvalue weighted by atomic mass is 9.97. The van der Waals surface area contributed by atoms with Crippen LogP contribution in [-0.4, -0.2) is 4.98 Å². The van der Waals surface area contributed by atoms with Crippen LogP contribution in [0.5, 0.6) is 0 Å². The second-order valence-electron chi connectivity index (χ2n) is 4.70. The number of H-pyrrole nitrogens is 1. The second kappa shape index (κ2) is 5.74. The maximum atomic E-state index is 5.93. The smallest absolute Gasteiger partial charge is 0.0462 e. The van der Waals surface area contributed by atoms with Crippen LogP contribution in [-0.2, 0) is 0 Å². The number of nitrogens with one attached hydrogen (secondary N) is 1. The molecule has 3 rings (SSSR count). The van der Waals surface area contributed by atoms with Crippen molar-refractivity contribution in [2.24, 2.45) is 0 Å². The quantitative estimate of drug-likeness (QED) is 0.633. The van der Waals surface area contributed by atoms with Crippen LogP contribution >= 0.6 is 24.0 Å². The summed E-state index contributed by atoms with van der Waals surface area (Å²) in [6, 6.07) is 16.2. The third-order valence-electron chi connectivity index (χ3n) is 3.32. The van der Waals surface area contributed by atoms with Gasteiger partial charge in [-0.15, -0.1) is 12.4 Å². The van der Waals surface area contributed by atoms with Gasteiger partial charge in [0.15, 0.2) is 0 Å². The van der Waals surface area contributed by atoms with Crippen LogP contribution in [0.4, 0.5) is 0 Å². The zero-order valence-electron chi connectivity index (χ0n) is 11.1. The first-order valence-electron chi connectivity index (χ1n) is 6.19. The van der Waals surface area contributed by atoms with E-state index in [4.69, 9.17) is 11.6 Å². The van der Waals surface area contributed by atoms with Gasteiger partial charge >= 0.3 is 0 Å². The van der Waals surface area contributed by atoms with Gasteiger partial charge in [-0.3, -0.25) is 0 Å². The molecule has 0 atom stereocenters. The highest BCUT2D eigenvalue weighted by Gasteiger charge is 2.08. The van der Waals surface area contributed by atoms with Gasteiger partial charge < -0.3 is 4.98 Å². The number of hydrogen-bond donors (Lipinski definition) is 1. The lowest BCUT2D eigenvalue weighted by Crippen LogP contribution is -1.86. The highest BCUT2D eigenvalue weighted by molar-refractivity contribution is 6.30. The Hall–Kier alpha value is -1.70. The van der Waals surface area contributed by atoms with Gasteiger partial charge in [-0.2, -0.15) is 0 Å². The summed E-state index contributed by atoms with van der Waals surface area (Å²) in [5.41, 5.74) is 5.57. The molecule has 0 aliphatic heterocycles. The lowest BCUT2D eigenvalue weighted by molar-refractivity contribution is 1.30. The Balaban J connectivity index is 0.00000147. The SMILES string of the molecule is C=C(c1ccc(Cl)cc1)c1cccc2[nH]c(C)cc12.Cl. The lowest BCUT2D eigenvalue weighted by Gasteiger charge is -2.08. The first kappa shape index (κ1) is 14.7. The molecule has 0 saturated heterocycles. The van der Waals surface area contributed by atoms with Crippen LogP contribution in [0.25, 0.3) is 16.5 Å². The topological polar surface area (TPSA) is 15.8 Å². The summed E-state index contributed by atoms with van der Waals surface area (Å²) >= 11 is 5.93. The first-order chi connectivity index (χ1) is 9.15. The molecule has 0 unspecified atom stereocenters. The summed E-state index contributed by atoms with van der Waals surface area (Å²) in [6.07, 6.45) is 0. The summed E-state index contributed by atoms with van der Waals surface area (Å²) in [4.78, 5) is 3.35. The standard InChI is InChI=1S/C17H14ClN.ClH/c1-11-10-16-15(4-3-5-17(16)19-11)12(2)13-6-8-14(18)9-7-13;/h3-10,19H,2H2,1H3;1H. The van der Waals surface area contributed by atoms with Crippen LogP contribution in [0, 0.1) is 6.92 Å². The third-order valence-corrected chi connectivity index (χ3v) is 3.57. The number of fused-ring (bicyclic) bond motifs is 1. The van der Waals surface area contributed by atoms with Crippen LogP contribution in [0.1, 0.15) is 16.8 Å². The summed E-state index contributed by atoms with van der Waals surface area (Å²) in [5.74, 6) is 0. The molecule has 1 nitrogen and oxygen atoms in total. The van der Waals surface area contributed by atoms with Gasteiger partial charge in [-0.1, -0.05) is 42.4 Å². The van der Waals surface area contributed by atoms with E-state index >= 15 is 0 Å². The highest BCUT2D eigenvalue weighted by Crippen LogP contribution is 2.29. The number of benzene rings is 2. The number of aryl methyl sites for hydroxylation is 1. The predicted molar refractivity (Wildman–Crippen MR) is 89.9 cm³/mol. The van der Waals surface area contributed by atoms with E-state index < -0.39 is 0 Å². The molecular weight excluding hydrogens is 289 g/mol. The van der Waals surface area contributed by atoms with E-state index in [0.717, 1.165) is 32.9 Å². The largest absolute Gasteiger partial charge is 0.359 e. The first-order valence-corrected chi connectivity index (χ1v) is 6.56. The van der Waals surface area contributed by atoms with E-state index in [1.807, 2.05) is 24.3 Å². The fourth-order valence-corrected chi connectivity index (χ4v) is 2.49. The van der Waals surface area contributed by atoms with Gasteiger partial charge in [0, 0.05) is 21.6 Å². The molecule has 0 saturated carbocycles. The van der Waals surface area contributed by atoms with Crippen molar-refractivity contribution in [1.29, 1.82) is 0 Å². The van der Waals surface area contributed by atoms with Crippen molar-refractivity contribution in [3.63, 3.8) is 0 Å². The van der Waals surface area contributed by atoms with Crippen molar-refractivity contribution >= 4 is 40.5 Å².